The summed E-state index contributed by atoms with van der Waals surface area (Å²) in [5.74, 6) is -0.135. The highest BCUT2D eigenvalue weighted by Crippen LogP contribution is 2.44. The number of alkyl carbamates (subject to hydrolysis) is 1. The normalized spacial score (nSPS) is 19.8. The van der Waals surface area contributed by atoms with Gasteiger partial charge in [-0.2, -0.15) is 0 Å². The third-order valence-corrected chi connectivity index (χ3v) is 17.2. The molecular formula is C41H57IN4O6Si. The lowest BCUT2D eigenvalue weighted by atomic mass is 9.86. The molecule has 3 heterocycles. The molecule has 53 heavy (non-hydrogen) atoms. The van der Waals surface area contributed by atoms with Crippen molar-refractivity contribution in [3.05, 3.63) is 63.4 Å². The molecule has 0 spiro atoms. The molecule has 1 aromatic heterocycles. The molecule has 2 amide bonds. The second-order valence-corrected chi connectivity index (χ2v) is 23.8. The van der Waals surface area contributed by atoms with E-state index in [2.05, 4.69) is 124 Å². The van der Waals surface area contributed by atoms with E-state index >= 15 is 0 Å². The summed E-state index contributed by atoms with van der Waals surface area (Å²) in [6.07, 6.45) is 3.60. The molecule has 0 radical (unpaired) electrons. The highest BCUT2D eigenvalue weighted by molar-refractivity contribution is 14.1. The Balaban J connectivity index is 1.71. The molecule has 0 saturated carbocycles. The number of benzene rings is 2. The number of hydrogen-bond donors (Lipinski definition) is 3. The minimum absolute atomic E-state index is 0.155. The molecule has 6 bridgehead atoms. The summed E-state index contributed by atoms with van der Waals surface area (Å²) in [4.78, 5) is 44.6. The molecule has 2 aliphatic rings. The molecule has 5 rings (SSSR count). The lowest BCUT2D eigenvalue weighted by Crippen LogP contribution is -2.59. The van der Waals surface area contributed by atoms with Crippen LogP contribution in [-0.4, -0.2) is 67.1 Å². The number of hydrogen-bond acceptors (Lipinski definition) is 7. The van der Waals surface area contributed by atoms with E-state index < -0.39 is 44.0 Å². The summed E-state index contributed by atoms with van der Waals surface area (Å²) < 4.78 is 19.8. The highest BCUT2D eigenvalue weighted by atomic mass is 127. The van der Waals surface area contributed by atoms with E-state index in [0.29, 0.717) is 23.0 Å². The van der Waals surface area contributed by atoms with Crippen LogP contribution in [-0.2, 0) is 31.9 Å². The van der Waals surface area contributed by atoms with Crippen LogP contribution in [0.1, 0.15) is 87.3 Å². The van der Waals surface area contributed by atoms with E-state index in [1.807, 2.05) is 6.07 Å². The van der Waals surface area contributed by atoms with Gasteiger partial charge < -0.3 is 24.2 Å². The molecule has 1 unspecified atom stereocenters. The van der Waals surface area contributed by atoms with Crippen LogP contribution in [0.4, 0.5) is 4.79 Å². The molecule has 2 aromatic carbocycles. The second kappa shape index (κ2) is 15.8. The number of carbonyl (C=O) groups is 3. The zero-order chi connectivity index (χ0) is 39.0. The topological polar surface area (TPSA) is 122 Å². The van der Waals surface area contributed by atoms with Gasteiger partial charge in [-0.05, 0) is 113 Å². The van der Waals surface area contributed by atoms with E-state index in [4.69, 9.17) is 13.9 Å². The Morgan fingerprint density at radius 2 is 1.70 bits per heavy atom. The predicted octanol–water partition coefficient (Wildman–Crippen LogP) is 8.83. The number of aromatic amines is 1. The summed E-state index contributed by atoms with van der Waals surface area (Å²) >= 11 is 2.36. The summed E-state index contributed by atoms with van der Waals surface area (Å²) in [6, 6.07) is 10.8. The molecule has 3 N–H and O–H groups in total. The number of amides is 2. The van der Waals surface area contributed by atoms with Gasteiger partial charge in [-0.25, -0.2) is 15.0 Å². The number of H-pyrrole nitrogens is 1. The van der Waals surface area contributed by atoms with Crippen LogP contribution in [0.15, 0.2) is 48.6 Å². The molecule has 12 heteroatoms. The Kier molecular flexibility index (Phi) is 12.2. The fourth-order valence-corrected chi connectivity index (χ4v) is 13.9. The van der Waals surface area contributed by atoms with Gasteiger partial charge in [0.15, 0.2) is 0 Å². The second-order valence-electron chi connectivity index (χ2n) is 17.3. The van der Waals surface area contributed by atoms with Gasteiger partial charge in [0.2, 0.25) is 0 Å². The van der Waals surface area contributed by atoms with Crippen molar-refractivity contribution in [2.75, 3.05) is 13.2 Å². The Hall–Kier alpha value is -3.36. The third-order valence-electron chi connectivity index (χ3n) is 10.3. The van der Waals surface area contributed by atoms with Crippen LogP contribution >= 0.6 is 22.6 Å². The van der Waals surface area contributed by atoms with Gasteiger partial charge in [0.05, 0.1) is 16.9 Å². The quantitative estimate of drug-likeness (QED) is 0.0981. The molecule has 0 aliphatic carbocycles. The number of halogens is 1. The number of esters is 1. The molecule has 0 fully saturated rings. The maximum absolute atomic E-state index is 14.4. The molecule has 2 aliphatic heterocycles. The number of fused-ring (bicyclic) bond motifs is 6. The maximum Gasteiger partial charge on any atom is 0.408 e. The molecule has 0 saturated heterocycles. The van der Waals surface area contributed by atoms with Crippen LogP contribution in [0.3, 0.4) is 0 Å². The first-order valence-electron chi connectivity index (χ1n) is 18.7. The van der Waals surface area contributed by atoms with Crippen molar-refractivity contribution in [3.63, 3.8) is 0 Å². The van der Waals surface area contributed by atoms with Gasteiger partial charge >= 0.3 is 12.1 Å². The Bertz CT molecular complexity index is 1860. The van der Waals surface area contributed by atoms with Crippen LogP contribution in [0.25, 0.3) is 22.0 Å². The average Bonchev–Trinajstić information content (AvgIpc) is 3.36. The Labute approximate surface area is 329 Å². The Morgan fingerprint density at radius 3 is 2.34 bits per heavy atom. The van der Waals surface area contributed by atoms with Crippen LogP contribution in [0, 0.1) is 9.12 Å². The smallest absolute Gasteiger partial charge is 0.408 e. The van der Waals surface area contributed by atoms with Crippen molar-refractivity contribution in [1.29, 1.82) is 0 Å². The molecular weight excluding hydrogens is 799 g/mol. The van der Waals surface area contributed by atoms with Crippen molar-refractivity contribution < 1.29 is 28.3 Å². The number of aromatic nitrogens is 1. The SMILES string of the molecule is CC(C)[Si](Oc1cc2cc(c1)-c1ccc3[nH]c(I)c(c3c1)CC(C)(C)COC(=O)C1C=CCN(N1)C(=O)[C@@H](NC(=O)OC(C)(C)C)C2)(C(C)C)C(C)C. The predicted molar refractivity (Wildman–Crippen MR) is 221 cm³/mol. The first-order valence-corrected chi connectivity index (χ1v) is 21.9. The summed E-state index contributed by atoms with van der Waals surface area (Å²) in [5, 5.41) is 5.33. The van der Waals surface area contributed by atoms with Crippen molar-refractivity contribution in [1.82, 2.24) is 20.7 Å². The van der Waals surface area contributed by atoms with E-state index in [0.717, 1.165) is 42.6 Å². The van der Waals surface area contributed by atoms with E-state index in [9.17, 15) is 14.4 Å². The van der Waals surface area contributed by atoms with E-state index in [-0.39, 0.29) is 25.0 Å². The van der Waals surface area contributed by atoms with Crippen LogP contribution in [0.5, 0.6) is 5.75 Å². The number of rotatable bonds is 6. The number of carbonyl (C=O) groups excluding carboxylic acids is 3. The maximum atomic E-state index is 14.4. The van der Waals surface area contributed by atoms with Gasteiger partial charge in [-0.15, -0.1) is 0 Å². The van der Waals surface area contributed by atoms with Crippen molar-refractivity contribution in [2.45, 2.75) is 123 Å². The largest absolute Gasteiger partial charge is 0.543 e. The van der Waals surface area contributed by atoms with E-state index in [1.165, 1.54) is 5.01 Å². The summed E-state index contributed by atoms with van der Waals surface area (Å²) in [5.41, 5.74) is 7.90. The van der Waals surface area contributed by atoms with E-state index in [1.54, 1.807) is 32.9 Å². The molecule has 2 atom stereocenters. The molecule has 3 aromatic rings. The van der Waals surface area contributed by atoms with Crippen molar-refractivity contribution >= 4 is 59.8 Å². The van der Waals surface area contributed by atoms with Gasteiger partial charge in [-0.1, -0.05) is 79.7 Å². The minimum Gasteiger partial charge on any atom is -0.543 e. The summed E-state index contributed by atoms with van der Waals surface area (Å²) in [6.45, 7) is 23.5. The number of ether oxygens (including phenoxy) is 2. The zero-order valence-corrected chi connectivity index (χ0v) is 36.3. The van der Waals surface area contributed by atoms with Gasteiger partial charge in [0.25, 0.3) is 14.2 Å². The third kappa shape index (κ3) is 9.30. The monoisotopic (exact) mass is 856 g/mol. The zero-order valence-electron chi connectivity index (χ0n) is 33.1. The van der Waals surface area contributed by atoms with Crippen molar-refractivity contribution in [2.24, 2.45) is 5.41 Å². The number of nitrogens with one attached hydrogen (secondary N) is 3. The lowest BCUT2D eigenvalue weighted by molar-refractivity contribution is -0.151. The molecule has 288 valence electrons. The highest BCUT2D eigenvalue weighted by Gasteiger charge is 2.47. The number of cyclic esters (lactones) is 1. The first kappa shape index (κ1) is 40.8. The van der Waals surface area contributed by atoms with Gasteiger partial charge in [0.1, 0.15) is 23.4 Å². The average molecular weight is 857 g/mol. The fraction of sp³-hybridized carbons (Fsp3) is 0.537. The van der Waals surface area contributed by atoms with Crippen LogP contribution in [0.2, 0.25) is 16.6 Å². The lowest BCUT2D eigenvalue weighted by Gasteiger charge is -2.42. The Morgan fingerprint density at radius 1 is 1.02 bits per heavy atom. The number of hydrazine groups is 1. The minimum atomic E-state index is -2.38. The molecule has 10 nitrogen and oxygen atoms in total. The van der Waals surface area contributed by atoms with Crippen molar-refractivity contribution in [3.8, 4) is 16.9 Å². The fourth-order valence-electron chi connectivity index (χ4n) is 7.94. The van der Waals surface area contributed by atoms with Gasteiger partial charge in [0, 0.05) is 22.7 Å². The standard InChI is InChI=1S/C41H57IN4O6Si/c1-24(2)53(25(3)4,26(5)6)52-30-18-27-17-29(20-30)28-14-15-33-31(21-28)32(36(42)43-33)22-41(10,11)23-50-38(48)34-13-12-16-46(45-34)37(47)35(19-27)44-39(49)51-40(7,8)9/h12-15,17-18,20-21,24-26,34-35,43,45H,16,19,22-23H2,1-11H3,(H,44,49)/t34?,35-/m0/s1. The number of nitrogens with zero attached hydrogens (tertiary/aromatic N) is 1. The first-order chi connectivity index (χ1) is 24.7. The van der Waals surface area contributed by atoms with Gasteiger partial charge in [-0.3, -0.25) is 9.80 Å². The summed E-state index contributed by atoms with van der Waals surface area (Å²) in [7, 11) is -2.38. The van der Waals surface area contributed by atoms with Crippen LogP contribution < -0.4 is 15.2 Å².